The number of benzene rings is 1. The molecule has 2 atom stereocenters. The molecule has 0 aliphatic heterocycles. The molecule has 3 heteroatoms. The van der Waals surface area contributed by atoms with Crippen molar-refractivity contribution in [3.63, 3.8) is 0 Å². The maximum absolute atomic E-state index is 13.5. The van der Waals surface area contributed by atoms with Gasteiger partial charge < -0.3 is 5.11 Å². The van der Waals surface area contributed by atoms with Crippen molar-refractivity contribution in [3.05, 3.63) is 35.4 Å². The van der Waals surface area contributed by atoms with Crippen molar-refractivity contribution in [2.24, 2.45) is 5.41 Å². The Morgan fingerprint density at radius 3 is 2.53 bits per heavy atom. The van der Waals surface area contributed by atoms with E-state index in [0.717, 1.165) is 6.07 Å². The molecule has 1 aromatic rings. The van der Waals surface area contributed by atoms with Crippen LogP contribution in [0.5, 0.6) is 0 Å². The largest absolute Gasteiger partial charge is 0.393 e. The predicted molar refractivity (Wildman–Crippen MR) is 53.5 cm³/mol. The zero-order valence-electron chi connectivity index (χ0n) is 8.80. The summed E-state index contributed by atoms with van der Waals surface area (Å²) in [7, 11) is 0. The maximum atomic E-state index is 13.5. The van der Waals surface area contributed by atoms with E-state index in [2.05, 4.69) is 0 Å². The molecule has 0 aromatic heterocycles. The van der Waals surface area contributed by atoms with Crippen molar-refractivity contribution in [1.82, 2.24) is 0 Å². The molecule has 1 aromatic carbocycles. The highest BCUT2D eigenvalue weighted by Gasteiger charge is 2.48. The fourth-order valence-electron chi connectivity index (χ4n) is 2.22. The van der Waals surface area contributed by atoms with Crippen molar-refractivity contribution in [2.45, 2.75) is 32.3 Å². The molecule has 0 radical (unpaired) electrons. The summed E-state index contributed by atoms with van der Waals surface area (Å²) in [6.07, 6.45) is 0.0815. The molecule has 0 saturated heterocycles. The molecule has 15 heavy (non-hydrogen) atoms. The Hall–Kier alpha value is -0.960. The van der Waals surface area contributed by atoms with Crippen molar-refractivity contribution >= 4 is 0 Å². The van der Waals surface area contributed by atoms with E-state index in [1.54, 1.807) is 6.07 Å². The molecule has 2 rings (SSSR count). The van der Waals surface area contributed by atoms with E-state index < -0.39 is 17.7 Å². The van der Waals surface area contributed by atoms with Crippen LogP contribution >= 0.6 is 0 Å². The second kappa shape index (κ2) is 3.27. The minimum Gasteiger partial charge on any atom is -0.393 e. The Morgan fingerprint density at radius 2 is 2.00 bits per heavy atom. The molecular formula is C12H14F2O. The van der Waals surface area contributed by atoms with E-state index in [-0.39, 0.29) is 11.3 Å². The van der Waals surface area contributed by atoms with E-state index in [1.165, 1.54) is 6.07 Å². The average molecular weight is 212 g/mol. The second-order valence-corrected chi connectivity index (χ2v) is 4.77. The Kier molecular flexibility index (Phi) is 2.30. The van der Waals surface area contributed by atoms with Crippen LogP contribution in [0.3, 0.4) is 0 Å². The third-order valence-corrected chi connectivity index (χ3v) is 3.57. The van der Waals surface area contributed by atoms with Crippen LogP contribution in [-0.4, -0.2) is 11.2 Å². The SMILES string of the molecule is CC1(C)C(O)CC1c1cccc(F)c1F. The first-order chi connectivity index (χ1) is 6.94. The van der Waals surface area contributed by atoms with Gasteiger partial charge in [-0.3, -0.25) is 0 Å². The van der Waals surface area contributed by atoms with E-state index in [4.69, 9.17) is 0 Å². The summed E-state index contributed by atoms with van der Waals surface area (Å²) in [5.41, 5.74) is 0.0135. The molecule has 1 nitrogen and oxygen atoms in total. The molecule has 0 amide bonds. The van der Waals surface area contributed by atoms with Gasteiger partial charge in [-0.25, -0.2) is 8.78 Å². The molecule has 1 saturated carbocycles. The third kappa shape index (κ3) is 1.46. The third-order valence-electron chi connectivity index (χ3n) is 3.57. The molecule has 0 heterocycles. The summed E-state index contributed by atoms with van der Waals surface area (Å²) in [4.78, 5) is 0. The Labute approximate surface area is 87.7 Å². The molecule has 82 valence electrons. The van der Waals surface area contributed by atoms with Gasteiger partial charge >= 0.3 is 0 Å². The van der Waals surface area contributed by atoms with Gasteiger partial charge in [0.25, 0.3) is 0 Å². The summed E-state index contributed by atoms with van der Waals surface area (Å²) < 4.78 is 26.5. The number of hydrogen-bond donors (Lipinski definition) is 1. The van der Waals surface area contributed by atoms with E-state index in [0.29, 0.717) is 12.0 Å². The molecular weight excluding hydrogens is 198 g/mol. The van der Waals surface area contributed by atoms with Crippen LogP contribution in [0.4, 0.5) is 8.78 Å². The minimum absolute atomic E-state index is 0.0943. The van der Waals surface area contributed by atoms with Gasteiger partial charge in [-0.1, -0.05) is 26.0 Å². The van der Waals surface area contributed by atoms with Crippen LogP contribution in [0.2, 0.25) is 0 Å². The minimum atomic E-state index is -0.815. The standard InChI is InChI=1S/C12H14F2O/c1-12(2)8(6-10(12)15)7-4-3-5-9(13)11(7)14/h3-5,8,10,15H,6H2,1-2H3. The lowest BCUT2D eigenvalue weighted by Gasteiger charge is -2.49. The lowest BCUT2D eigenvalue weighted by molar-refractivity contribution is -0.0637. The molecule has 2 unspecified atom stereocenters. The number of halogens is 2. The molecule has 0 bridgehead atoms. The first kappa shape index (κ1) is 10.6. The van der Waals surface area contributed by atoms with Gasteiger partial charge in [-0.2, -0.15) is 0 Å². The first-order valence-corrected chi connectivity index (χ1v) is 5.06. The van der Waals surface area contributed by atoms with Crippen LogP contribution in [0.25, 0.3) is 0 Å². The summed E-state index contributed by atoms with van der Waals surface area (Å²) in [5.74, 6) is -1.68. The average Bonchev–Trinajstić information content (AvgIpc) is 2.19. The van der Waals surface area contributed by atoms with E-state index in [9.17, 15) is 13.9 Å². The second-order valence-electron chi connectivity index (χ2n) is 4.77. The topological polar surface area (TPSA) is 20.2 Å². The molecule has 1 aliphatic rings. The van der Waals surface area contributed by atoms with Gasteiger partial charge in [0.05, 0.1) is 6.10 Å². The maximum Gasteiger partial charge on any atom is 0.162 e. The van der Waals surface area contributed by atoms with Gasteiger partial charge in [-0.15, -0.1) is 0 Å². The first-order valence-electron chi connectivity index (χ1n) is 5.06. The highest BCUT2D eigenvalue weighted by atomic mass is 19.2. The summed E-state index contributed by atoms with van der Waals surface area (Å²) in [6, 6.07) is 4.21. The van der Waals surface area contributed by atoms with Crippen molar-refractivity contribution < 1.29 is 13.9 Å². The number of aliphatic hydroxyl groups excluding tert-OH is 1. The van der Waals surface area contributed by atoms with Gasteiger partial charge in [0.15, 0.2) is 11.6 Å². The molecule has 1 aliphatic carbocycles. The number of hydrogen-bond acceptors (Lipinski definition) is 1. The van der Waals surface area contributed by atoms with Crippen molar-refractivity contribution in [3.8, 4) is 0 Å². The lowest BCUT2D eigenvalue weighted by Crippen LogP contribution is -2.47. The van der Waals surface area contributed by atoms with E-state index >= 15 is 0 Å². The smallest absolute Gasteiger partial charge is 0.162 e. The molecule has 1 fully saturated rings. The van der Waals surface area contributed by atoms with Crippen LogP contribution < -0.4 is 0 Å². The fraction of sp³-hybridized carbons (Fsp3) is 0.500. The fourth-order valence-corrected chi connectivity index (χ4v) is 2.22. The van der Waals surface area contributed by atoms with Gasteiger partial charge in [0, 0.05) is 0 Å². The lowest BCUT2D eigenvalue weighted by atomic mass is 9.58. The van der Waals surface area contributed by atoms with Crippen LogP contribution in [0.15, 0.2) is 18.2 Å². The summed E-state index contributed by atoms with van der Waals surface area (Å²) in [5, 5.41) is 9.55. The predicted octanol–water partition coefficient (Wildman–Crippen LogP) is 2.84. The highest BCUT2D eigenvalue weighted by Crippen LogP contribution is 2.52. The summed E-state index contributed by atoms with van der Waals surface area (Å²) >= 11 is 0. The van der Waals surface area contributed by atoms with Gasteiger partial charge in [-0.05, 0) is 29.4 Å². The molecule has 1 N–H and O–H groups in total. The van der Waals surface area contributed by atoms with Crippen molar-refractivity contribution in [2.75, 3.05) is 0 Å². The quantitative estimate of drug-likeness (QED) is 0.759. The highest BCUT2D eigenvalue weighted by molar-refractivity contribution is 5.28. The van der Waals surface area contributed by atoms with Crippen molar-refractivity contribution in [1.29, 1.82) is 0 Å². The molecule has 0 spiro atoms. The van der Waals surface area contributed by atoms with Crippen LogP contribution in [0.1, 0.15) is 31.7 Å². The zero-order chi connectivity index (χ0) is 11.2. The van der Waals surface area contributed by atoms with Crippen LogP contribution in [-0.2, 0) is 0 Å². The van der Waals surface area contributed by atoms with Gasteiger partial charge in [0.1, 0.15) is 0 Å². The monoisotopic (exact) mass is 212 g/mol. The van der Waals surface area contributed by atoms with E-state index in [1.807, 2.05) is 13.8 Å². The Morgan fingerprint density at radius 1 is 1.33 bits per heavy atom. The number of aliphatic hydroxyl groups is 1. The Balaban J connectivity index is 2.36. The zero-order valence-corrected chi connectivity index (χ0v) is 8.80. The number of rotatable bonds is 1. The van der Waals surface area contributed by atoms with Gasteiger partial charge in [0.2, 0.25) is 0 Å². The van der Waals surface area contributed by atoms with Crippen LogP contribution in [0, 0.1) is 17.0 Å². The summed E-state index contributed by atoms with van der Waals surface area (Å²) in [6.45, 7) is 3.74. The normalized spacial score (nSPS) is 28.6. The Bertz CT molecular complexity index is 387.